The van der Waals surface area contributed by atoms with Crippen molar-refractivity contribution in [2.45, 2.75) is 46.5 Å². The van der Waals surface area contributed by atoms with Crippen molar-refractivity contribution in [3.63, 3.8) is 0 Å². The summed E-state index contributed by atoms with van der Waals surface area (Å²) < 4.78 is 27.3. The molecule has 1 N–H and O–H groups in total. The minimum Gasteiger partial charge on any atom is -0.326 e. The van der Waals surface area contributed by atoms with Crippen LogP contribution in [0.3, 0.4) is 0 Å². The molecule has 0 atom stereocenters. The molecule has 1 aromatic heterocycles. The third-order valence-electron chi connectivity index (χ3n) is 3.93. The van der Waals surface area contributed by atoms with Crippen molar-refractivity contribution in [1.29, 1.82) is 0 Å². The summed E-state index contributed by atoms with van der Waals surface area (Å²) in [6.45, 7) is 6.51. The number of rotatable bonds is 6. The number of para-hydroxylation sites is 1. The number of nitrogens with zero attached hydrogens (tertiary/aromatic N) is 2. The van der Waals surface area contributed by atoms with Crippen LogP contribution in [0.1, 0.15) is 50.4 Å². The van der Waals surface area contributed by atoms with E-state index in [1.165, 1.54) is 10.9 Å². The Bertz CT molecular complexity index is 733. The quantitative estimate of drug-likeness (QED) is 0.833. The summed E-state index contributed by atoms with van der Waals surface area (Å²) in [6, 6.07) is 7.61. The first-order valence-electron chi connectivity index (χ1n) is 8.34. The molecule has 1 heterocycles. The summed E-state index contributed by atoms with van der Waals surface area (Å²) in [5, 5.41) is 6.58. The molecule has 1 amide bonds. The predicted molar refractivity (Wildman–Crippen MR) is 94.7 cm³/mol. The average Bonchev–Trinajstić information content (AvgIpc) is 2.86. The molecule has 136 valence electrons. The predicted octanol–water partition coefficient (Wildman–Crippen LogP) is 4.52. The maximum atomic E-state index is 13.0. The van der Waals surface area contributed by atoms with E-state index in [1.54, 1.807) is 7.05 Å². The van der Waals surface area contributed by atoms with Crippen molar-refractivity contribution < 1.29 is 13.6 Å². The smallest absolute Gasteiger partial charge is 0.282 e. The van der Waals surface area contributed by atoms with Crippen LogP contribution in [0.4, 0.5) is 14.5 Å². The molecule has 0 unspecified atom stereocenters. The van der Waals surface area contributed by atoms with Crippen molar-refractivity contribution in [3.8, 4) is 0 Å². The molecule has 0 spiro atoms. The summed E-state index contributed by atoms with van der Waals surface area (Å²) in [5.74, 6) is -0.321. The van der Waals surface area contributed by atoms with Gasteiger partial charge in [0, 0.05) is 24.5 Å². The number of hydrogen-bond acceptors (Lipinski definition) is 2. The molecule has 2 rings (SSSR count). The lowest BCUT2D eigenvalue weighted by Crippen LogP contribution is -2.16. The number of aryl methyl sites for hydroxylation is 2. The maximum Gasteiger partial charge on any atom is 0.282 e. The van der Waals surface area contributed by atoms with E-state index in [0.717, 1.165) is 24.1 Å². The lowest BCUT2D eigenvalue weighted by molar-refractivity contribution is -0.115. The second kappa shape index (κ2) is 7.76. The van der Waals surface area contributed by atoms with Crippen molar-refractivity contribution in [2.24, 2.45) is 12.5 Å². The van der Waals surface area contributed by atoms with Crippen molar-refractivity contribution in [2.75, 3.05) is 5.32 Å². The highest BCUT2D eigenvalue weighted by Crippen LogP contribution is 2.25. The van der Waals surface area contributed by atoms with Crippen molar-refractivity contribution in [1.82, 2.24) is 9.78 Å². The van der Waals surface area contributed by atoms with E-state index >= 15 is 0 Å². The topological polar surface area (TPSA) is 46.9 Å². The van der Waals surface area contributed by atoms with Gasteiger partial charge in [0.2, 0.25) is 5.91 Å². The molecule has 0 bridgehead atoms. The number of amides is 1. The zero-order chi connectivity index (χ0) is 18.6. The molecule has 6 heteroatoms. The number of aromatic nitrogens is 2. The summed E-state index contributed by atoms with van der Waals surface area (Å²) >= 11 is 0. The van der Waals surface area contributed by atoms with Gasteiger partial charge >= 0.3 is 0 Å². The molecule has 0 aliphatic heterocycles. The van der Waals surface area contributed by atoms with Crippen LogP contribution in [0.5, 0.6) is 0 Å². The molecule has 0 radical (unpaired) electrons. The highest BCUT2D eigenvalue weighted by molar-refractivity contribution is 5.93. The molecule has 0 aliphatic rings. The largest absolute Gasteiger partial charge is 0.326 e. The lowest BCUT2D eigenvalue weighted by atomic mass is 9.88. The second-order valence-corrected chi connectivity index (χ2v) is 7.46. The Kier molecular flexibility index (Phi) is 5.93. The highest BCUT2D eigenvalue weighted by Gasteiger charge is 2.20. The van der Waals surface area contributed by atoms with Crippen molar-refractivity contribution >= 4 is 11.6 Å². The standard InChI is InChI=1S/C19H25F2N3O/c1-19(2,3)10-9-13-7-5-6-8-15(13)22-16(25)11-14-12-24(4)23-17(14)18(20)21/h5-8,12,18H,9-11H2,1-4H3,(H,22,25). The summed E-state index contributed by atoms with van der Waals surface area (Å²) in [6.07, 6.45) is 0.476. The van der Waals surface area contributed by atoms with Gasteiger partial charge in [-0.05, 0) is 29.9 Å². The molecule has 4 nitrogen and oxygen atoms in total. The molecule has 0 fully saturated rings. The van der Waals surface area contributed by atoms with Gasteiger partial charge < -0.3 is 5.32 Å². The number of carbonyl (C=O) groups is 1. The van der Waals surface area contributed by atoms with Crippen LogP contribution in [-0.2, 0) is 24.7 Å². The van der Waals surface area contributed by atoms with Gasteiger partial charge in [0.25, 0.3) is 6.43 Å². The number of benzene rings is 1. The Hall–Kier alpha value is -2.24. The average molecular weight is 349 g/mol. The number of halogens is 2. The number of alkyl halides is 2. The second-order valence-electron chi connectivity index (χ2n) is 7.46. The van der Waals surface area contributed by atoms with Crippen LogP contribution in [-0.4, -0.2) is 15.7 Å². The van der Waals surface area contributed by atoms with Crippen LogP contribution in [0.2, 0.25) is 0 Å². The highest BCUT2D eigenvalue weighted by atomic mass is 19.3. The first-order valence-corrected chi connectivity index (χ1v) is 8.34. The van der Waals surface area contributed by atoms with E-state index in [4.69, 9.17) is 0 Å². The fourth-order valence-corrected chi connectivity index (χ4v) is 2.61. The summed E-state index contributed by atoms with van der Waals surface area (Å²) in [7, 11) is 1.56. The minimum atomic E-state index is -2.69. The zero-order valence-corrected chi connectivity index (χ0v) is 15.1. The van der Waals surface area contributed by atoms with Gasteiger partial charge in [0.1, 0.15) is 5.69 Å². The lowest BCUT2D eigenvalue weighted by Gasteiger charge is -2.19. The van der Waals surface area contributed by atoms with E-state index in [0.29, 0.717) is 0 Å². The number of nitrogens with one attached hydrogen (secondary N) is 1. The normalized spacial score (nSPS) is 11.8. The van der Waals surface area contributed by atoms with E-state index in [9.17, 15) is 13.6 Å². The van der Waals surface area contributed by atoms with Crippen LogP contribution in [0, 0.1) is 5.41 Å². The molecule has 2 aromatic rings. The Morgan fingerprint density at radius 1 is 1.24 bits per heavy atom. The molecular formula is C19H25F2N3O. The first kappa shape index (κ1) is 19.1. The summed E-state index contributed by atoms with van der Waals surface area (Å²) in [5.41, 5.74) is 1.89. The Balaban J connectivity index is 2.08. The van der Waals surface area contributed by atoms with Gasteiger partial charge in [0.15, 0.2) is 0 Å². The van der Waals surface area contributed by atoms with Gasteiger partial charge in [-0.2, -0.15) is 5.10 Å². The van der Waals surface area contributed by atoms with Gasteiger partial charge in [0.05, 0.1) is 6.42 Å². The van der Waals surface area contributed by atoms with Crippen LogP contribution in [0.25, 0.3) is 0 Å². The fraction of sp³-hybridized carbons (Fsp3) is 0.474. The SMILES string of the molecule is Cn1cc(CC(=O)Nc2ccccc2CCC(C)(C)C)c(C(F)F)n1. The van der Waals surface area contributed by atoms with Crippen LogP contribution < -0.4 is 5.32 Å². The van der Waals surface area contributed by atoms with Crippen molar-refractivity contribution in [3.05, 3.63) is 47.3 Å². The van der Waals surface area contributed by atoms with Gasteiger partial charge in [-0.3, -0.25) is 9.48 Å². The van der Waals surface area contributed by atoms with Crippen LogP contribution in [0.15, 0.2) is 30.5 Å². The van der Waals surface area contributed by atoms with Gasteiger partial charge in [-0.25, -0.2) is 8.78 Å². The Morgan fingerprint density at radius 3 is 2.56 bits per heavy atom. The number of anilines is 1. The third-order valence-corrected chi connectivity index (χ3v) is 3.93. The van der Waals surface area contributed by atoms with Crippen LogP contribution >= 0.6 is 0 Å². The van der Waals surface area contributed by atoms with Gasteiger partial charge in [-0.1, -0.05) is 39.0 Å². The van der Waals surface area contributed by atoms with E-state index in [1.807, 2.05) is 24.3 Å². The molecule has 25 heavy (non-hydrogen) atoms. The van der Waals surface area contributed by atoms with E-state index in [2.05, 4.69) is 31.2 Å². The molecular weight excluding hydrogens is 324 g/mol. The molecule has 0 aliphatic carbocycles. The fourth-order valence-electron chi connectivity index (χ4n) is 2.61. The molecule has 0 saturated carbocycles. The Morgan fingerprint density at radius 2 is 1.92 bits per heavy atom. The maximum absolute atomic E-state index is 13.0. The third kappa shape index (κ3) is 5.66. The number of carbonyl (C=O) groups excluding carboxylic acids is 1. The zero-order valence-electron chi connectivity index (χ0n) is 15.1. The van der Waals surface area contributed by atoms with E-state index < -0.39 is 6.43 Å². The molecule has 0 saturated heterocycles. The first-order chi connectivity index (χ1) is 11.7. The number of hydrogen-bond donors (Lipinski definition) is 1. The minimum absolute atomic E-state index is 0.124. The van der Waals surface area contributed by atoms with Gasteiger partial charge in [-0.15, -0.1) is 0 Å². The molecule has 1 aromatic carbocycles. The monoisotopic (exact) mass is 349 g/mol. The summed E-state index contributed by atoms with van der Waals surface area (Å²) in [4.78, 5) is 12.3. The van der Waals surface area contributed by atoms with E-state index in [-0.39, 0.29) is 29.0 Å². The Labute approximate surface area is 147 Å².